The summed E-state index contributed by atoms with van der Waals surface area (Å²) in [6.45, 7) is -0.313. The second-order valence-corrected chi connectivity index (χ2v) is 7.54. The van der Waals surface area contributed by atoms with Crippen LogP contribution < -0.4 is 10.7 Å². The van der Waals surface area contributed by atoms with E-state index in [1.165, 1.54) is 4.57 Å². The molecule has 0 saturated carbocycles. The number of ketones is 1. The van der Waals surface area contributed by atoms with Gasteiger partial charge in [-0.3, -0.25) is 9.59 Å². The van der Waals surface area contributed by atoms with Crippen molar-refractivity contribution in [2.24, 2.45) is 5.10 Å². The van der Waals surface area contributed by atoms with Gasteiger partial charge in [0.15, 0.2) is 5.78 Å². The van der Waals surface area contributed by atoms with Crippen LogP contribution in [0.25, 0.3) is 22.4 Å². The molecule has 33 heavy (non-hydrogen) atoms. The minimum Gasteiger partial charge on any atom is -0.328 e. The van der Waals surface area contributed by atoms with Crippen molar-refractivity contribution in [3.05, 3.63) is 90.0 Å². The molecule has 0 aliphatic heterocycles. The number of benzene rings is 3. The molecule has 5 rings (SSSR count). The fourth-order valence-corrected chi connectivity index (χ4v) is 3.84. The lowest BCUT2D eigenvalue weighted by Crippen LogP contribution is -2.38. The molecule has 0 radical (unpaired) electrons. The molecule has 8 nitrogen and oxygen atoms in total. The fraction of sp³-hybridized carbons (Fsp3) is 0.0800. The summed E-state index contributed by atoms with van der Waals surface area (Å²) in [4.78, 5) is 42.2. The van der Waals surface area contributed by atoms with Crippen LogP contribution in [0.5, 0.6) is 0 Å². The Hall–Kier alpha value is -4.59. The number of aromatic nitrogens is 2. The van der Waals surface area contributed by atoms with Gasteiger partial charge in [0.25, 0.3) is 5.91 Å². The van der Waals surface area contributed by atoms with Gasteiger partial charge in [-0.05, 0) is 17.7 Å². The minimum atomic E-state index is -0.543. The average Bonchev–Trinajstić information content (AvgIpc) is 3.39. The highest BCUT2D eigenvalue weighted by atomic mass is 16.2. The van der Waals surface area contributed by atoms with E-state index in [0.717, 1.165) is 11.1 Å². The molecule has 1 aliphatic rings. The molecular formula is C25H19N5O3. The van der Waals surface area contributed by atoms with Crippen LogP contribution in [0.4, 0.5) is 4.79 Å². The second-order valence-electron chi connectivity index (χ2n) is 7.54. The number of Topliss-reactive ketones (excluding diaryl/α,β-unsaturated/α-hetero) is 1. The van der Waals surface area contributed by atoms with Gasteiger partial charge in [0.1, 0.15) is 18.1 Å². The zero-order valence-electron chi connectivity index (χ0n) is 17.5. The van der Waals surface area contributed by atoms with E-state index < -0.39 is 11.9 Å². The van der Waals surface area contributed by atoms with Crippen molar-refractivity contribution in [3.63, 3.8) is 0 Å². The zero-order valence-corrected chi connectivity index (χ0v) is 17.5. The Balaban J connectivity index is 1.33. The Morgan fingerprint density at radius 1 is 0.939 bits per heavy atom. The lowest BCUT2D eigenvalue weighted by atomic mass is 10.1. The van der Waals surface area contributed by atoms with E-state index in [4.69, 9.17) is 0 Å². The van der Waals surface area contributed by atoms with Gasteiger partial charge in [-0.1, -0.05) is 66.7 Å². The molecular weight excluding hydrogens is 418 g/mol. The Kier molecular flexibility index (Phi) is 5.24. The van der Waals surface area contributed by atoms with Gasteiger partial charge >= 0.3 is 6.03 Å². The molecule has 1 heterocycles. The highest BCUT2D eigenvalue weighted by Gasteiger charge is 2.26. The van der Waals surface area contributed by atoms with Crippen molar-refractivity contribution in [2.45, 2.75) is 6.42 Å². The van der Waals surface area contributed by atoms with Gasteiger partial charge < -0.3 is 5.32 Å². The number of para-hydroxylation sites is 2. The number of hydrogen-bond donors (Lipinski definition) is 2. The number of rotatable bonds is 4. The third-order valence-electron chi connectivity index (χ3n) is 5.38. The SMILES string of the molecule is O=C(CNC(=O)n1c(-c2ccccc2)nc2ccccc21)N/N=C1/C(=O)Cc2ccccc21. The summed E-state index contributed by atoms with van der Waals surface area (Å²) in [6, 6.07) is 23.5. The third kappa shape index (κ3) is 3.89. The molecule has 1 aromatic heterocycles. The van der Waals surface area contributed by atoms with Crippen LogP contribution >= 0.6 is 0 Å². The smallest absolute Gasteiger partial charge is 0.328 e. The van der Waals surface area contributed by atoms with Crippen molar-refractivity contribution in [3.8, 4) is 11.4 Å². The van der Waals surface area contributed by atoms with Gasteiger partial charge in [-0.2, -0.15) is 5.10 Å². The van der Waals surface area contributed by atoms with Crippen LogP contribution in [-0.4, -0.2) is 39.5 Å². The monoisotopic (exact) mass is 437 g/mol. The maximum Gasteiger partial charge on any atom is 0.328 e. The van der Waals surface area contributed by atoms with Crippen LogP contribution in [0, 0.1) is 0 Å². The van der Waals surface area contributed by atoms with Crippen molar-refractivity contribution in [1.82, 2.24) is 20.3 Å². The van der Waals surface area contributed by atoms with E-state index in [1.54, 1.807) is 12.1 Å². The maximum absolute atomic E-state index is 13.0. The van der Waals surface area contributed by atoms with E-state index in [9.17, 15) is 14.4 Å². The van der Waals surface area contributed by atoms with Crippen LogP contribution in [-0.2, 0) is 16.0 Å². The van der Waals surface area contributed by atoms with Crippen molar-refractivity contribution >= 4 is 34.5 Å². The molecule has 3 aromatic carbocycles. The van der Waals surface area contributed by atoms with E-state index >= 15 is 0 Å². The number of amides is 2. The predicted molar refractivity (Wildman–Crippen MR) is 124 cm³/mol. The first-order valence-corrected chi connectivity index (χ1v) is 10.4. The lowest BCUT2D eigenvalue weighted by Gasteiger charge is -2.09. The molecule has 0 saturated heterocycles. The molecule has 2 amide bonds. The van der Waals surface area contributed by atoms with E-state index in [2.05, 4.69) is 20.8 Å². The highest BCUT2D eigenvalue weighted by molar-refractivity contribution is 6.49. The molecule has 2 N–H and O–H groups in total. The fourth-order valence-electron chi connectivity index (χ4n) is 3.84. The van der Waals surface area contributed by atoms with Crippen LogP contribution in [0.15, 0.2) is 84.0 Å². The lowest BCUT2D eigenvalue weighted by molar-refractivity contribution is -0.120. The van der Waals surface area contributed by atoms with Crippen molar-refractivity contribution in [1.29, 1.82) is 0 Å². The molecule has 162 valence electrons. The number of hydrazone groups is 1. The van der Waals surface area contributed by atoms with Crippen molar-refractivity contribution in [2.75, 3.05) is 6.54 Å². The van der Waals surface area contributed by atoms with E-state index in [0.29, 0.717) is 22.4 Å². The van der Waals surface area contributed by atoms with Gasteiger partial charge in [0.2, 0.25) is 0 Å². The Bertz CT molecular complexity index is 1420. The molecule has 0 bridgehead atoms. The molecule has 8 heteroatoms. The Morgan fingerprint density at radius 2 is 1.67 bits per heavy atom. The topological polar surface area (TPSA) is 105 Å². The van der Waals surface area contributed by atoms with Crippen LogP contribution in [0.2, 0.25) is 0 Å². The van der Waals surface area contributed by atoms with Crippen LogP contribution in [0.3, 0.4) is 0 Å². The summed E-state index contributed by atoms with van der Waals surface area (Å²) >= 11 is 0. The number of carbonyl (C=O) groups is 3. The number of carbonyl (C=O) groups excluding carboxylic acids is 3. The highest BCUT2D eigenvalue weighted by Crippen LogP contribution is 2.24. The predicted octanol–water partition coefficient (Wildman–Crippen LogP) is 2.91. The molecule has 4 aromatic rings. The third-order valence-corrected chi connectivity index (χ3v) is 5.38. The maximum atomic E-state index is 13.0. The van der Waals surface area contributed by atoms with Crippen molar-refractivity contribution < 1.29 is 14.4 Å². The Labute approximate surface area is 188 Å². The number of nitrogens with one attached hydrogen (secondary N) is 2. The first kappa shape index (κ1) is 20.3. The molecule has 0 unspecified atom stereocenters. The standard InChI is InChI=1S/C25H19N5O3/c31-21-14-17-10-4-5-11-18(17)23(21)29-28-22(32)15-26-25(33)30-20-13-7-6-12-19(20)27-24(30)16-8-2-1-3-9-16/h1-13H,14-15H2,(H,26,33)(H,28,32)/b29-23+. The summed E-state index contributed by atoms with van der Waals surface area (Å²) in [5, 5.41) is 6.61. The summed E-state index contributed by atoms with van der Waals surface area (Å²) < 4.78 is 1.45. The number of imidazole rings is 1. The summed E-state index contributed by atoms with van der Waals surface area (Å²) in [5.41, 5.74) is 6.25. The molecule has 0 atom stereocenters. The van der Waals surface area contributed by atoms with E-state index in [-0.39, 0.29) is 24.5 Å². The van der Waals surface area contributed by atoms with Gasteiger partial charge in [0, 0.05) is 17.5 Å². The van der Waals surface area contributed by atoms with Crippen LogP contribution in [0.1, 0.15) is 11.1 Å². The molecule has 0 fully saturated rings. The zero-order chi connectivity index (χ0) is 22.8. The first-order valence-electron chi connectivity index (χ1n) is 10.4. The summed E-state index contributed by atoms with van der Waals surface area (Å²) in [5.74, 6) is -0.222. The number of hydrogen-bond acceptors (Lipinski definition) is 5. The second kappa shape index (κ2) is 8.51. The largest absolute Gasteiger partial charge is 0.328 e. The van der Waals surface area contributed by atoms with Gasteiger partial charge in [-0.15, -0.1) is 0 Å². The molecule has 0 spiro atoms. The summed E-state index contributed by atoms with van der Waals surface area (Å²) in [6.07, 6.45) is 0.261. The Morgan fingerprint density at radius 3 is 2.52 bits per heavy atom. The molecule has 1 aliphatic carbocycles. The average molecular weight is 437 g/mol. The van der Waals surface area contributed by atoms with Gasteiger partial charge in [-0.25, -0.2) is 19.8 Å². The quantitative estimate of drug-likeness (QED) is 0.479. The normalized spacial score (nSPS) is 13.8. The first-order chi connectivity index (χ1) is 16.1. The number of fused-ring (bicyclic) bond motifs is 2. The van der Waals surface area contributed by atoms with Gasteiger partial charge in [0.05, 0.1) is 11.0 Å². The number of nitrogens with zero attached hydrogens (tertiary/aromatic N) is 3. The summed E-state index contributed by atoms with van der Waals surface area (Å²) in [7, 11) is 0. The minimum absolute atomic E-state index is 0.155. The van der Waals surface area contributed by atoms with E-state index in [1.807, 2.05) is 66.7 Å².